The summed E-state index contributed by atoms with van der Waals surface area (Å²) in [4.78, 5) is 12.7. The van der Waals surface area contributed by atoms with Crippen LogP contribution in [0.25, 0.3) is 0 Å². The molecular weight excluding hydrogens is 424 g/mol. The number of amides is 1. The van der Waals surface area contributed by atoms with E-state index in [9.17, 15) is 13.2 Å². The second kappa shape index (κ2) is 9.81. The summed E-state index contributed by atoms with van der Waals surface area (Å²) >= 11 is 5.89. The van der Waals surface area contributed by atoms with Crippen LogP contribution in [0.3, 0.4) is 0 Å². The summed E-state index contributed by atoms with van der Waals surface area (Å²) in [5.41, 5.74) is 1.34. The van der Waals surface area contributed by atoms with Gasteiger partial charge >= 0.3 is 0 Å². The van der Waals surface area contributed by atoms with E-state index in [1.54, 1.807) is 18.2 Å². The number of methoxy groups -OCH3 is 1. The van der Waals surface area contributed by atoms with Crippen LogP contribution in [-0.4, -0.2) is 44.9 Å². The number of sulfonamides is 1. The first-order valence-corrected chi connectivity index (χ1v) is 11.9. The summed E-state index contributed by atoms with van der Waals surface area (Å²) in [6, 6.07) is 11.9. The predicted molar refractivity (Wildman–Crippen MR) is 118 cm³/mol. The van der Waals surface area contributed by atoms with Gasteiger partial charge in [0.05, 0.1) is 7.11 Å². The van der Waals surface area contributed by atoms with Gasteiger partial charge in [0.25, 0.3) is 5.91 Å². The van der Waals surface area contributed by atoms with Crippen molar-refractivity contribution in [2.24, 2.45) is 0 Å². The molecule has 1 aliphatic rings. The molecule has 0 aliphatic carbocycles. The Hall–Kier alpha value is -2.09. The number of piperidine rings is 1. The lowest BCUT2D eigenvalue weighted by Crippen LogP contribution is -2.42. The van der Waals surface area contributed by atoms with Crippen LogP contribution in [-0.2, 0) is 16.4 Å². The van der Waals surface area contributed by atoms with Crippen LogP contribution in [0.1, 0.15) is 42.1 Å². The number of halogens is 1. The highest BCUT2D eigenvalue weighted by Crippen LogP contribution is 2.31. The first-order chi connectivity index (χ1) is 14.3. The summed E-state index contributed by atoms with van der Waals surface area (Å²) in [7, 11) is -2.33. The Bertz CT molecular complexity index is 993. The largest absolute Gasteiger partial charge is 0.495 e. The van der Waals surface area contributed by atoms with Gasteiger partial charge in [-0.05, 0) is 62.1 Å². The van der Waals surface area contributed by atoms with Gasteiger partial charge < -0.3 is 10.1 Å². The fraction of sp³-hybridized carbons (Fsp3) is 0.409. The van der Waals surface area contributed by atoms with Gasteiger partial charge in [0.2, 0.25) is 10.0 Å². The van der Waals surface area contributed by atoms with Crippen molar-refractivity contribution in [3.05, 3.63) is 58.6 Å². The first kappa shape index (κ1) is 22.6. The lowest BCUT2D eigenvalue weighted by Gasteiger charge is -2.32. The Labute approximate surface area is 183 Å². The lowest BCUT2D eigenvalue weighted by molar-refractivity contribution is 0.0954. The van der Waals surface area contributed by atoms with E-state index in [1.165, 1.54) is 23.5 Å². The van der Waals surface area contributed by atoms with Crippen molar-refractivity contribution in [1.29, 1.82) is 0 Å². The Balaban J connectivity index is 1.76. The molecule has 0 unspecified atom stereocenters. The number of carbonyl (C=O) groups is 1. The van der Waals surface area contributed by atoms with Gasteiger partial charge in [-0.1, -0.05) is 30.2 Å². The summed E-state index contributed by atoms with van der Waals surface area (Å²) < 4.78 is 33.4. The third kappa shape index (κ3) is 5.14. The minimum absolute atomic E-state index is 0.0316. The molecule has 1 atom stereocenters. The molecule has 1 fully saturated rings. The van der Waals surface area contributed by atoms with Gasteiger partial charge in [0.15, 0.2) is 0 Å². The van der Waals surface area contributed by atoms with Gasteiger partial charge in [0.1, 0.15) is 10.6 Å². The second-order valence-corrected chi connectivity index (χ2v) is 9.75. The third-order valence-corrected chi connectivity index (χ3v) is 7.65. The molecule has 0 aromatic heterocycles. The van der Waals surface area contributed by atoms with Crippen molar-refractivity contribution < 1.29 is 17.9 Å². The number of rotatable bonds is 7. The Morgan fingerprint density at radius 2 is 1.93 bits per heavy atom. The Morgan fingerprint density at radius 3 is 2.60 bits per heavy atom. The fourth-order valence-electron chi connectivity index (χ4n) is 3.65. The maximum atomic E-state index is 13.3. The minimum atomic E-state index is -3.76. The molecule has 30 heavy (non-hydrogen) atoms. The monoisotopic (exact) mass is 450 g/mol. The van der Waals surface area contributed by atoms with E-state index < -0.39 is 10.0 Å². The molecular formula is C22H27ClN2O4S. The van der Waals surface area contributed by atoms with Crippen molar-refractivity contribution >= 4 is 27.5 Å². The van der Waals surface area contributed by atoms with Crippen LogP contribution in [0.2, 0.25) is 5.02 Å². The van der Waals surface area contributed by atoms with Crippen molar-refractivity contribution in [1.82, 2.24) is 9.62 Å². The molecule has 3 rings (SSSR count). The number of nitrogens with zero attached hydrogens (tertiary/aromatic N) is 1. The number of benzene rings is 2. The first-order valence-electron chi connectivity index (χ1n) is 10.1. The highest BCUT2D eigenvalue weighted by molar-refractivity contribution is 7.89. The van der Waals surface area contributed by atoms with Crippen LogP contribution in [0.15, 0.2) is 47.4 Å². The Morgan fingerprint density at radius 1 is 1.20 bits per heavy atom. The topological polar surface area (TPSA) is 75.7 Å². The lowest BCUT2D eigenvalue weighted by atomic mass is 10.1. The zero-order valence-corrected chi connectivity index (χ0v) is 18.8. The van der Waals surface area contributed by atoms with Crippen LogP contribution in [0.5, 0.6) is 5.75 Å². The molecule has 1 aliphatic heterocycles. The van der Waals surface area contributed by atoms with Crippen LogP contribution >= 0.6 is 11.6 Å². The molecule has 0 saturated carbocycles. The third-order valence-electron chi connectivity index (χ3n) is 5.37. The number of hydrogen-bond acceptors (Lipinski definition) is 4. The number of nitrogens with one attached hydrogen (secondary N) is 1. The number of ether oxygens (including phenoxy) is 1. The van der Waals surface area contributed by atoms with E-state index in [0.717, 1.165) is 24.8 Å². The number of carbonyl (C=O) groups excluding carboxylic acids is 1. The fourth-order valence-corrected chi connectivity index (χ4v) is 5.66. The zero-order chi connectivity index (χ0) is 21.7. The van der Waals surface area contributed by atoms with E-state index in [0.29, 0.717) is 24.5 Å². The summed E-state index contributed by atoms with van der Waals surface area (Å²) in [6.07, 6.45) is 3.32. The van der Waals surface area contributed by atoms with Crippen molar-refractivity contribution in [2.75, 3.05) is 20.2 Å². The van der Waals surface area contributed by atoms with Crippen molar-refractivity contribution in [2.45, 2.75) is 43.5 Å². The standard InChI is InChI=1S/C22H27ClN2O4S/c1-16-5-3-4-14-25(16)30(27,28)21-15-18(8-11-20(21)29-2)22(26)24-13-12-17-6-9-19(23)10-7-17/h6-11,15-16H,3-5,12-14H2,1-2H3,(H,24,26)/t16-/m0/s1. The SMILES string of the molecule is COc1ccc(C(=O)NCCc2ccc(Cl)cc2)cc1S(=O)(=O)N1CCCC[C@@H]1C. The molecule has 6 nitrogen and oxygen atoms in total. The molecule has 2 aromatic rings. The maximum Gasteiger partial charge on any atom is 0.251 e. The zero-order valence-electron chi connectivity index (χ0n) is 17.2. The normalized spacial score (nSPS) is 17.5. The maximum absolute atomic E-state index is 13.3. The molecule has 8 heteroatoms. The molecule has 0 spiro atoms. The van der Waals surface area contributed by atoms with E-state index in [-0.39, 0.29) is 28.2 Å². The van der Waals surface area contributed by atoms with Gasteiger partial charge in [-0.15, -0.1) is 0 Å². The van der Waals surface area contributed by atoms with E-state index >= 15 is 0 Å². The summed E-state index contributed by atoms with van der Waals surface area (Å²) in [6.45, 7) is 2.82. The quantitative estimate of drug-likeness (QED) is 0.694. The highest BCUT2D eigenvalue weighted by atomic mass is 35.5. The van der Waals surface area contributed by atoms with Gasteiger partial charge in [-0.3, -0.25) is 4.79 Å². The molecule has 0 radical (unpaired) electrons. The van der Waals surface area contributed by atoms with Gasteiger partial charge in [-0.2, -0.15) is 4.31 Å². The number of hydrogen-bond donors (Lipinski definition) is 1. The molecule has 1 heterocycles. The average molecular weight is 451 g/mol. The van der Waals surface area contributed by atoms with Crippen LogP contribution in [0.4, 0.5) is 0 Å². The molecule has 1 N–H and O–H groups in total. The molecule has 1 saturated heterocycles. The van der Waals surface area contributed by atoms with E-state index in [2.05, 4.69) is 5.32 Å². The van der Waals surface area contributed by atoms with Gasteiger partial charge in [-0.25, -0.2) is 8.42 Å². The summed E-state index contributed by atoms with van der Waals surface area (Å²) in [5, 5.41) is 3.51. The van der Waals surface area contributed by atoms with E-state index in [1.807, 2.05) is 19.1 Å². The smallest absolute Gasteiger partial charge is 0.251 e. The van der Waals surface area contributed by atoms with Crippen LogP contribution in [0, 0.1) is 0 Å². The predicted octanol–water partition coefficient (Wildman–Crippen LogP) is 3.88. The van der Waals surface area contributed by atoms with Crippen molar-refractivity contribution in [3.63, 3.8) is 0 Å². The van der Waals surface area contributed by atoms with E-state index in [4.69, 9.17) is 16.3 Å². The van der Waals surface area contributed by atoms with Gasteiger partial charge in [0, 0.05) is 29.7 Å². The molecule has 162 valence electrons. The van der Waals surface area contributed by atoms with Crippen molar-refractivity contribution in [3.8, 4) is 5.75 Å². The average Bonchev–Trinajstić information content (AvgIpc) is 2.74. The summed E-state index contributed by atoms with van der Waals surface area (Å²) in [5.74, 6) is -0.0831. The van der Waals surface area contributed by atoms with Crippen LogP contribution < -0.4 is 10.1 Å². The highest BCUT2D eigenvalue weighted by Gasteiger charge is 2.33. The molecule has 0 bridgehead atoms. The molecule has 2 aromatic carbocycles. The second-order valence-electron chi connectivity index (χ2n) is 7.46. The molecule has 1 amide bonds. The minimum Gasteiger partial charge on any atom is -0.495 e. The Kier molecular flexibility index (Phi) is 7.39.